The van der Waals surface area contributed by atoms with Gasteiger partial charge in [0.25, 0.3) is 0 Å². The highest BCUT2D eigenvalue weighted by Crippen LogP contribution is 2.77. The minimum atomic E-state index is -1.36. The summed E-state index contributed by atoms with van der Waals surface area (Å²) in [5.74, 6) is -4.30. The van der Waals surface area contributed by atoms with Crippen molar-refractivity contribution in [1.29, 1.82) is 0 Å². The van der Waals surface area contributed by atoms with Crippen LogP contribution < -0.4 is 0 Å². The fraction of sp³-hybridized carbons (Fsp3) is 0.778. The number of aliphatic carboxylic acids is 4. The fourth-order valence-electron chi connectivity index (χ4n) is 7.20. The Morgan fingerprint density at radius 1 is 0.615 bits per heavy atom. The van der Waals surface area contributed by atoms with Crippen molar-refractivity contribution in [3.8, 4) is 0 Å². The summed E-state index contributed by atoms with van der Waals surface area (Å²) in [5, 5.41) is 38.2. The molecule has 4 fully saturated rings. The number of hydrogen-bond donors (Lipinski definition) is 4. The van der Waals surface area contributed by atoms with E-state index < -0.39 is 53.0 Å². The summed E-state index contributed by atoms with van der Waals surface area (Å²) in [6.45, 7) is 0. The fourth-order valence-corrected chi connectivity index (χ4v) is 7.20. The Hall–Kier alpha value is -2.12. The van der Waals surface area contributed by atoms with Crippen LogP contribution in [0.15, 0.2) is 0 Å². The van der Waals surface area contributed by atoms with Gasteiger partial charge >= 0.3 is 23.9 Å². The van der Waals surface area contributed by atoms with Gasteiger partial charge < -0.3 is 20.4 Å². The second-order valence-electron chi connectivity index (χ2n) is 8.71. The maximum absolute atomic E-state index is 11.7. The van der Waals surface area contributed by atoms with Crippen LogP contribution in [0.1, 0.15) is 57.8 Å². The van der Waals surface area contributed by atoms with Crippen molar-refractivity contribution in [3.63, 3.8) is 0 Å². The second kappa shape index (κ2) is 5.96. The summed E-state index contributed by atoms with van der Waals surface area (Å²) in [4.78, 5) is 46.8. The highest BCUT2D eigenvalue weighted by molar-refractivity contribution is 5.76. The second-order valence-corrected chi connectivity index (χ2v) is 8.71. The van der Waals surface area contributed by atoms with Gasteiger partial charge in [-0.25, -0.2) is 0 Å². The quantitative estimate of drug-likeness (QED) is 0.508. The topological polar surface area (TPSA) is 149 Å². The average Bonchev–Trinajstić information content (AvgIpc) is 2.40. The molecule has 4 N–H and O–H groups in total. The van der Waals surface area contributed by atoms with E-state index in [-0.39, 0.29) is 24.7 Å². The van der Waals surface area contributed by atoms with Gasteiger partial charge in [-0.1, -0.05) is 0 Å². The Labute approximate surface area is 150 Å². The molecule has 0 radical (unpaired) electrons. The predicted octanol–water partition coefficient (Wildman–Crippen LogP) is 2.07. The zero-order chi connectivity index (χ0) is 19.3. The minimum absolute atomic E-state index is 0.136. The van der Waals surface area contributed by atoms with Crippen LogP contribution in [-0.2, 0) is 19.2 Å². The molecule has 0 atom stereocenters. The van der Waals surface area contributed by atoms with Gasteiger partial charge in [0.15, 0.2) is 0 Å². The lowest BCUT2D eigenvalue weighted by molar-refractivity contribution is -0.249. The summed E-state index contributed by atoms with van der Waals surface area (Å²) < 4.78 is 0. The molecule has 0 aromatic carbocycles. The zero-order valence-electron chi connectivity index (χ0n) is 14.4. The first-order valence-electron chi connectivity index (χ1n) is 8.90. The molecular formula is C18H24O8. The van der Waals surface area contributed by atoms with Gasteiger partial charge in [0, 0.05) is 5.41 Å². The van der Waals surface area contributed by atoms with Gasteiger partial charge in [0.05, 0.1) is 25.7 Å². The van der Waals surface area contributed by atoms with Crippen LogP contribution >= 0.6 is 0 Å². The zero-order valence-corrected chi connectivity index (χ0v) is 14.4. The lowest BCUT2D eigenvalue weighted by atomic mass is 9.31. The SMILES string of the molecule is O=C(O)CC12CC3CC(C1)CC(CC(=O)O)(C3)C2(CC(=O)O)CC(=O)O. The minimum Gasteiger partial charge on any atom is -0.481 e. The summed E-state index contributed by atoms with van der Waals surface area (Å²) in [7, 11) is 0. The Morgan fingerprint density at radius 3 is 1.19 bits per heavy atom. The van der Waals surface area contributed by atoms with Gasteiger partial charge in [0.1, 0.15) is 0 Å². The lowest BCUT2D eigenvalue weighted by Gasteiger charge is -2.72. The predicted molar refractivity (Wildman–Crippen MR) is 86.4 cm³/mol. The summed E-state index contributed by atoms with van der Waals surface area (Å²) in [6, 6.07) is 0. The van der Waals surface area contributed by atoms with Crippen molar-refractivity contribution in [2.24, 2.45) is 28.1 Å². The Bertz CT molecular complexity index is 598. The summed E-state index contributed by atoms with van der Waals surface area (Å²) in [5.41, 5.74) is -3.31. The van der Waals surface area contributed by atoms with Gasteiger partial charge in [-0.3, -0.25) is 19.2 Å². The third kappa shape index (κ3) is 2.66. The number of carboxylic acids is 4. The molecule has 8 nitrogen and oxygen atoms in total. The van der Waals surface area contributed by atoms with Crippen LogP contribution in [0.2, 0.25) is 0 Å². The molecule has 144 valence electrons. The van der Waals surface area contributed by atoms with Crippen molar-refractivity contribution in [3.05, 3.63) is 0 Å². The normalized spacial score (nSPS) is 36.6. The highest BCUT2D eigenvalue weighted by Gasteiger charge is 2.73. The van der Waals surface area contributed by atoms with E-state index >= 15 is 0 Å². The molecule has 0 saturated heterocycles. The maximum atomic E-state index is 11.7. The maximum Gasteiger partial charge on any atom is 0.303 e. The Morgan fingerprint density at radius 2 is 0.923 bits per heavy atom. The van der Waals surface area contributed by atoms with E-state index in [9.17, 15) is 39.6 Å². The van der Waals surface area contributed by atoms with Crippen LogP contribution in [0.4, 0.5) is 0 Å². The number of carboxylic acid groups (broad SMARTS) is 4. The first kappa shape index (κ1) is 18.7. The molecule has 8 heteroatoms. The van der Waals surface area contributed by atoms with Crippen molar-refractivity contribution in [1.82, 2.24) is 0 Å². The first-order valence-corrected chi connectivity index (χ1v) is 8.90. The molecule has 0 amide bonds. The largest absolute Gasteiger partial charge is 0.481 e. The van der Waals surface area contributed by atoms with E-state index in [1.807, 2.05) is 0 Å². The molecule has 0 aliphatic heterocycles. The van der Waals surface area contributed by atoms with Gasteiger partial charge in [-0.05, 0) is 54.8 Å². The van der Waals surface area contributed by atoms with E-state index in [4.69, 9.17) is 0 Å². The van der Waals surface area contributed by atoms with Crippen LogP contribution in [0.5, 0.6) is 0 Å². The third-order valence-electron chi connectivity index (χ3n) is 7.30. The van der Waals surface area contributed by atoms with Crippen molar-refractivity contribution in [2.75, 3.05) is 0 Å². The highest BCUT2D eigenvalue weighted by atomic mass is 16.4. The molecule has 4 bridgehead atoms. The van der Waals surface area contributed by atoms with E-state index in [2.05, 4.69) is 0 Å². The molecule has 0 heterocycles. The number of rotatable bonds is 8. The standard InChI is InChI=1S/C18H24O8/c19-12(20)6-16-2-10-1-11(4-16)5-17(3-10,7-13(21)22)18(16,8-14(23)24)9-15(25)26/h10-11H,1-9H2,(H,19,20)(H,21,22)(H,23,24)(H,25,26). The monoisotopic (exact) mass is 368 g/mol. The molecule has 26 heavy (non-hydrogen) atoms. The van der Waals surface area contributed by atoms with Crippen LogP contribution in [-0.4, -0.2) is 44.3 Å². The van der Waals surface area contributed by atoms with Crippen molar-refractivity contribution in [2.45, 2.75) is 57.8 Å². The van der Waals surface area contributed by atoms with Gasteiger partial charge in [-0.2, -0.15) is 0 Å². The molecule has 4 aliphatic rings. The van der Waals surface area contributed by atoms with E-state index in [0.29, 0.717) is 25.7 Å². The Balaban J connectivity index is 2.22. The molecule has 0 spiro atoms. The van der Waals surface area contributed by atoms with Crippen molar-refractivity contribution < 1.29 is 39.6 Å². The Kier molecular flexibility index (Phi) is 4.28. The lowest BCUT2D eigenvalue weighted by Crippen LogP contribution is -2.67. The molecule has 4 rings (SSSR count). The molecule has 0 aromatic heterocycles. The smallest absolute Gasteiger partial charge is 0.303 e. The van der Waals surface area contributed by atoms with Crippen LogP contribution in [0.3, 0.4) is 0 Å². The van der Waals surface area contributed by atoms with E-state index in [1.165, 1.54) is 0 Å². The molecule has 4 aliphatic carbocycles. The van der Waals surface area contributed by atoms with Gasteiger partial charge in [0.2, 0.25) is 0 Å². The third-order valence-corrected chi connectivity index (χ3v) is 7.30. The summed E-state index contributed by atoms with van der Waals surface area (Å²) in [6.07, 6.45) is 1.16. The average molecular weight is 368 g/mol. The van der Waals surface area contributed by atoms with Crippen molar-refractivity contribution >= 4 is 23.9 Å². The molecule has 0 aromatic rings. The number of carbonyl (C=O) groups is 4. The first-order chi connectivity index (χ1) is 12.0. The number of hydrogen-bond acceptors (Lipinski definition) is 4. The van der Waals surface area contributed by atoms with E-state index in [1.54, 1.807) is 0 Å². The molecule has 4 saturated carbocycles. The van der Waals surface area contributed by atoms with Gasteiger partial charge in [-0.15, -0.1) is 0 Å². The van der Waals surface area contributed by atoms with Crippen LogP contribution in [0.25, 0.3) is 0 Å². The molecular weight excluding hydrogens is 344 g/mol. The molecule has 0 unspecified atom stereocenters. The van der Waals surface area contributed by atoms with Crippen LogP contribution in [0, 0.1) is 28.1 Å². The van der Waals surface area contributed by atoms with E-state index in [0.717, 1.165) is 6.42 Å². The summed E-state index contributed by atoms with van der Waals surface area (Å²) >= 11 is 0.